The molecule has 1 amide bonds. The van der Waals surface area contributed by atoms with Crippen LogP contribution in [0.2, 0.25) is 0 Å². The molecule has 0 radical (unpaired) electrons. The van der Waals surface area contributed by atoms with Crippen molar-refractivity contribution in [2.45, 2.75) is 37.4 Å². The fraction of sp³-hybridized carbons (Fsp3) is 0.722. The second kappa shape index (κ2) is 6.86. The van der Waals surface area contributed by atoms with Crippen molar-refractivity contribution in [2.24, 2.45) is 5.92 Å². The van der Waals surface area contributed by atoms with Gasteiger partial charge < -0.3 is 23.5 Å². The first-order valence-corrected chi connectivity index (χ1v) is 8.90. The molecule has 3 aliphatic rings. The van der Waals surface area contributed by atoms with Crippen LogP contribution in [0.25, 0.3) is 0 Å². The highest BCUT2D eigenvalue weighted by Gasteiger charge is 2.50. The Labute approximate surface area is 142 Å². The average Bonchev–Trinajstić information content (AvgIpc) is 3.13. The molecule has 6 nitrogen and oxygen atoms in total. The largest absolute Gasteiger partial charge is 0.459 e. The number of hydrogen-bond acceptors (Lipinski definition) is 5. The monoisotopic (exact) mass is 335 g/mol. The van der Waals surface area contributed by atoms with Crippen LogP contribution in [0, 0.1) is 5.92 Å². The van der Waals surface area contributed by atoms with Gasteiger partial charge >= 0.3 is 0 Å². The SMILES string of the molecule is O=C(c1ccco1)N1CC2(C[C@H](OCC3CCOCC3)CCO2)C1. The van der Waals surface area contributed by atoms with E-state index in [4.69, 9.17) is 18.6 Å². The van der Waals surface area contributed by atoms with Crippen molar-refractivity contribution in [3.8, 4) is 0 Å². The van der Waals surface area contributed by atoms with E-state index < -0.39 is 0 Å². The molecule has 3 aliphatic heterocycles. The second-order valence-electron chi connectivity index (χ2n) is 7.17. The third-order valence-corrected chi connectivity index (χ3v) is 5.33. The fourth-order valence-corrected chi connectivity index (χ4v) is 3.88. The van der Waals surface area contributed by atoms with Crippen LogP contribution >= 0.6 is 0 Å². The van der Waals surface area contributed by atoms with Crippen LogP contribution in [-0.2, 0) is 14.2 Å². The first-order valence-electron chi connectivity index (χ1n) is 8.90. The average molecular weight is 335 g/mol. The zero-order valence-corrected chi connectivity index (χ0v) is 13.9. The number of ether oxygens (including phenoxy) is 3. The van der Waals surface area contributed by atoms with Crippen molar-refractivity contribution in [3.63, 3.8) is 0 Å². The van der Waals surface area contributed by atoms with Crippen LogP contribution in [0.3, 0.4) is 0 Å². The van der Waals surface area contributed by atoms with E-state index in [1.807, 2.05) is 0 Å². The summed E-state index contributed by atoms with van der Waals surface area (Å²) in [7, 11) is 0. The van der Waals surface area contributed by atoms with Gasteiger partial charge in [-0.3, -0.25) is 4.79 Å². The Balaban J connectivity index is 1.26. The van der Waals surface area contributed by atoms with Gasteiger partial charge in [-0.25, -0.2) is 0 Å². The molecule has 3 fully saturated rings. The number of carbonyl (C=O) groups excluding carboxylic acids is 1. The quantitative estimate of drug-likeness (QED) is 0.843. The normalized spacial score (nSPS) is 27.2. The minimum atomic E-state index is -0.221. The van der Waals surface area contributed by atoms with Gasteiger partial charge in [0.25, 0.3) is 5.91 Å². The first kappa shape index (κ1) is 16.1. The van der Waals surface area contributed by atoms with Crippen molar-refractivity contribution < 1.29 is 23.4 Å². The van der Waals surface area contributed by atoms with Crippen molar-refractivity contribution in [1.29, 1.82) is 0 Å². The Kier molecular flexibility index (Phi) is 4.61. The van der Waals surface area contributed by atoms with E-state index in [1.54, 1.807) is 17.0 Å². The number of furan rings is 1. The van der Waals surface area contributed by atoms with E-state index in [0.717, 1.165) is 45.5 Å². The number of hydrogen-bond donors (Lipinski definition) is 0. The van der Waals surface area contributed by atoms with Gasteiger partial charge in [-0.2, -0.15) is 0 Å². The van der Waals surface area contributed by atoms with Gasteiger partial charge in [0.2, 0.25) is 0 Å². The summed E-state index contributed by atoms with van der Waals surface area (Å²) in [5, 5.41) is 0. The zero-order valence-electron chi connectivity index (χ0n) is 13.9. The molecule has 0 aromatic carbocycles. The molecule has 6 heteroatoms. The Morgan fingerprint density at radius 2 is 2.08 bits per heavy atom. The summed E-state index contributed by atoms with van der Waals surface area (Å²) in [6.45, 7) is 4.50. The minimum Gasteiger partial charge on any atom is -0.459 e. The second-order valence-corrected chi connectivity index (χ2v) is 7.17. The molecule has 1 spiro atoms. The van der Waals surface area contributed by atoms with Gasteiger partial charge in [0.05, 0.1) is 25.5 Å². The lowest BCUT2D eigenvalue weighted by Crippen LogP contribution is -2.67. The Morgan fingerprint density at radius 1 is 1.25 bits per heavy atom. The van der Waals surface area contributed by atoms with Crippen molar-refractivity contribution in [2.75, 3.05) is 39.5 Å². The molecule has 1 aromatic heterocycles. The maximum atomic E-state index is 12.3. The third kappa shape index (κ3) is 3.36. The molecule has 0 saturated carbocycles. The summed E-state index contributed by atoms with van der Waals surface area (Å²) in [5.41, 5.74) is -0.221. The lowest BCUT2D eigenvalue weighted by atomic mass is 9.84. The minimum absolute atomic E-state index is 0.0560. The molecule has 1 aromatic rings. The van der Waals surface area contributed by atoms with E-state index in [9.17, 15) is 4.79 Å². The summed E-state index contributed by atoms with van der Waals surface area (Å²) < 4.78 is 22.7. The van der Waals surface area contributed by atoms with Crippen LogP contribution in [0.4, 0.5) is 0 Å². The van der Waals surface area contributed by atoms with E-state index in [-0.39, 0.29) is 17.6 Å². The standard InChI is InChI=1S/C18H25NO5/c20-17(16-2-1-6-22-16)19-12-18(13-19)10-15(5-9-24-18)23-11-14-3-7-21-8-4-14/h1-2,6,14-15H,3-5,7-13H2/t15-/m1/s1. The fourth-order valence-electron chi connectivity index (χ4n) is 3.88. The summed E-state index contributed by atoms with van der Waals surface area (Å²) in [5.74, 6) is 0.961. The highest BCUT2D eigenvalue weighted by Crippen LogP contribution is 2.36. The van der Waals surface area contributed by atoms with Gasteiger partial charge in [0.15, 0.2) is 5.76 Å². The Bertz CT molecular complexity index is 546. The van der Waals surface area contributed by atoms with E-state index >= 15 is 0 Å². The van der Waals surface area contributed by atoms with Gasteiger partial charge in [-0.15, -0.1) is 0 Å². The first-order chi connectivity index (χ1) is 11.7. The van der Waals surface area contributed by atoms with Gasteiger partial charge in [0, 0.05) is 32.8 Å². The summed E-state index contributed by atoms with van der Waals surface area (Å²) in [6.07, 6.45) is 5.77. The molecule has 24 heavy (non-hydrogen) atoms. The third-order valence-electron chi connectivity index (χ3n) is 5.33. The predicted molar refractivity (Wildman–Crippen MR) is 85.8 cm³/mol. The number of nitrogens with zero attached hydrogens (tertiary/aromatic N) is 1. The van der Waals surface area contributed by atoms with Gasteiger partial charge in [-0.05, 0) is 37.3 Å². The number of amides is 1. The van der Waals surface area contributed by atoms with E-state index in [1.165, 1.54) is 6.26 Å². The van der Waals surface area contributed by atoms with Crippen LogP contribution < -0.4 is 0 Å². The molecule has 4 heterocycles. The molecule has 0 N–H and O–H groups in total. The van der Waals surface area contributed by atoms with Crippen LogP contribution in [0.5, 0.6) is 0 Å². The Morgan fingerprint density at radius 3 is 2.83 bits per heavy atom. The Hall–Kier alpha value is -1.37. The maximum absolute atomic E-state index is 12.3. The topological polar surface area (TPSA) is 61.1 Å². The highest BCUT2D eigenvalue weighted by molar-refractivity contribution is 5.92. The van der Waals surface area contributed by atoms with Crippen LogP contribution in [-0.4, -0.2) is 62.0 Å². The van der Waals surface area contributed by atoms with Crippen molar-refractivity contribution >= 4 is 5.91 Å². The zero-order chi connectivity index (χ0) is 16.4. The predicted octanol–water partition coefficient (Wildman–Crippen LogP) is 2.10. The van der Waals surface area contributed by atoms with Crippen LogP contribution in [0.1, 0.15) is 36.2 Å². The molecule has 3 saturated heterocycles. The van der Waals surface area contributed by atoms with E-state index in [0.29, 0.717) is 31.4 Å². The molecule has 1 atom stereocenters. The summed E-state index contributed by atoms with van der Waals surface area (Å²) in [4.78, 5) is 14.1. The molecule has 4 rings (SSSR count). The highest BCUT2D eigenvalue weighted by atomic mass is 16.5. The lowest BCUT2D eigenvalue weighted by molar-refractivity contribution is -0.189. The van der Waals surface area contributed by atoms with Crippen molar-refractivity contribution in [3.05, 3.63) is 24.2 Å². The maximum Gasteiger partial charge on any atom is 0.289 e. The van der Waals surface area contributed by atoms with Gasteiger partial charge in [-0.1, -0.05) is 0 Å². The molecular weight excluding hydrogens is 310 g/mol. The summed E-state index contributed by atoms with van der Waals surface area (Å²) >= 11 is 0. The van der Waals surface area contributed by atoms with Gasteiger partial charge in [0.1, 0.15) is 5.60 Å². The summed E-state index contributed by atoms with van der Waals surface area (Å²) in [6, 6.07) is 3.44. The number of carbonyl (C=O) groups is 1. The molecule has 0 aliphatic carbocycles. The van der Waals surface area contributed by atoms with Crippen LogP contribution in [0.15, 0.2) is 22.8 Å². The molecule has 132 valence electrons. The number of likely N-dealkylation sites (tertiary alicyclic amines) is 1. The number of rotatable bonds is 4. The van der Waals surface area contributed by atoms with Crippen molar-refractivity contribution in [1.82, 2.24) is 4.90 Å². The smallest absolute Gasteiger partial charge is 0.289 e. The molecular formula is C18H25NO5. The lowest BCUT2D eigenvalue weighted by Gasteiger charge is -2.52. The molecule has 0 bridgehead atoms. The van der Waals surface area contributed by atoms with E-state index in [2.05, 4.69) is 0 Å². The molecule has 0 unspecified atom stereocenters.